The highest BCUT2D eigenvalue weighted by Crippen LogP contribution is 2.64. The van der Waals surface area contributed by atoms with Crippen molar-refractivity contribution < 1.29 is 23.1 Å². The van der Waals surface area contributed by atoms with Crippen molar-refractivity contribution in [2.45, 2.75) is 32.3 Å². The molecule has 0 amide bonds. The van der Waals surface area contributed by atoms with Gasteiger partial charge in [-0.05, 0) is 12.1 Å². The summed E-state index contributed by atoms with van der Waals surface area (Å²) < 4.78 is 31.8. The maximum absolute atomic E-state index is 10.4. The zero-order chi connectivity index (χ0) is 28.9. The van der Waals surface area contributed by atoms with E-state index < -0.39 is 48.1 Å². The lowest BCUT2D eigenvalue weighted by Gasteiger charge is -2.37. The quantitative estimate of drug-likeness (QED) is 0.281. The van der Waals surface area contributed by atoms with Gasteiger partial charge in [-0.15, -0.1) is 87.8 Å². The molecular formula is C18H30Cl6FN6O4P2+. The van der Waals surface area contributed by atoms with Crippen molar-refractivity contribution in [2.24, 2.45) is 0 Å². The molecule has 1 aromatic heterocycles. The van der Waals surface area contributed by atoms with Gasteiger partial charge in [0.15, 0.2) is 5.52 Å². The van der Waals surface area contributed by atoms with Crippen molar-refractivity contribution in [3.05, 3.63) is 18.2 Å². The van der Waals surface area contributed by atoms with Crippen LogP contribution in [0.15, 0.2) is 18.2 Å². The van der Waals surface area contributed by atoms with Crippen molar-refractivity contribution in [2.75, 3.05) is 42.3 Å². The van der Waals surface area contributed by atoms with E-state index in [0.717, 1.165) is 16.8 Å². The van der Waals surface area contributed by atoms with Crippen LogP contribution in [0.3, 0.4) is 0 Å². The van der Waals surface area contributed by atoms with Crippen LogP contribution in [0.1, 0.15) is 0 Å². The predicted octanol–water partition coefficient (Wildman–Crippen LogP) is 5.39. The molecule has 1 aromatic carbocycles. The molecule has 1 saturated carbocycles. The standard InChI is InChI=1S/C12H22N6OP.C6H6Cl6.FH2O3P/c1-16(2)20(17(3)4,18(5)6)19-11-9-7-8-10-12(11)14-15-13-10;7-1-2(8)4(10)6(12)5(11)3(1)9;1-5(2,3)4/h7-9H,1-6H3,(H,13,14,15);1-6H;(H2,2,3,4)/q+1;;. The van der Waals surface area contributed by atoms with E-state index in [2.05, 4.69) is 29.4 Å². The Morgan fingerprint density at radius 2 is 1.19 bits per heavy atom. The van der Waals surface area contributed by atoms with Crippen molar-refractivity contribution in [3.63, 3.8) is 0 Å². The summed E-state index contributed by atoms with van der Waals surface area (Å²) in [6.45, 7) is 0. The van der Waals surface area contributed by atoms with E-state index in [1.165, 1.54) is 0 Å². The van der Waals surface area contributed by atoms with E-state index in [-0.39, 0.29) is 0 Å². The minimum Gasteiger partial charge on any atom is -0.299 e. The van der Waals surface area contributed by atoms with Crippen LogP contribution in [0.25, 0.3) is 11.0 Å². The minimum absolute atomic E-state index is 0.437. The molecule has 0 radical (unpaired) electrons. The molecule has 1 fully saturated rings. The summed E-state index contributed by atoms with van der Waals surface area (Å²) in [7, 11) is 4.91. The molecule has 0 atom stereocenters. The molecule has 1 heterocycles. The first-order valence-corrected chi connectivity index (χ1v) is 16.1. The molecule has 0 spiro atoms. The smallest absolute Gasteiger partial charge is 0.299 e. The molecule has 0 saturated heterocycles. The van der Waals surface area contributed by atoms with Crippen molar-refractivity contribution in [3.8, 4) is 5.75 Å². The van der Waals surface area contributed by atoms with Crippen LogP contribution in [0.4, 0.5) is 4.20 Å². The van der Waals surface area contributed by atoms with E-state index in [4.69, 9.17) is 88.5 Å². The van der Waals surface area contributed by atoms with Crippen LogP contribution in [-0.2, 0) is 4.57 Å². The minimum atomic E-state index is -5.14. The highest BCUT2D eigenvalue weighted by Gasteiger charge is 2.52. The Morgan fingerprint density at radius 3 is 1.51 bits per heavy atom. The summed E-state index contributed by atoms with van der Waals surface area (Å²) in [6.07, 6.45) is 0. The highest BCUT2D eigenvalue weighted by atomic mass is 35.5. The molecule has 37 heavy (non-hydrogen) atoms. The Balaban J connectivity index is 0.000000340. The third-order valence-electron chi connectivity index (χ3n) is 4.92. The third-order valence-corrected chi connectivity index (χ3v) is 12.5. The highest BCUT2D eigenvalue weighted by molar-refractivity contribution is 7.64. The maximum Gasteiger partial charge on any atom is 0.507 e. The van der Waals surface area contributed by atoms with E-state index in [1.54, 1.807) is 0 Å². The van der Waals surface area contributed by atoms with Crippen molar-refractivity contribution >= 4 is 96.5 Å². The molecule has 19 heteroatoms. The average molecular weight is 688 g/mol. The van der Waals surface area contributed by atoms with Gasteiger partial charge in [0, 0.05) is 42.3 Å². The van der Waals surface area contributed by atoms with Crippen molar-refractivity contribution in [1.29, 1.82) is 0 Å². The number of halogens is 7. The van der Waals surface area contributed by atoms with E-state index in [9.17, 15) is 4.20 Å². The summed E-state index contributed by atoms with van der Waals surface area (Å²) in [5.41, 5.74) is 1.55. The SMILES string of the molecule is CN(C)[P+](Oc1cccc2n[nH]nc12)(N(C)C)N(C)C.ClC1C(Cl)C(Cl)C(Cl)C(Cl)C1Cl.O=P(O)(O)F. The Bertz CT molecular complexity index is 949. The topological polar surface area (TPSA) is 118 Å². The summed E-state index contributed by atoms with van der Waals surface area (Å²) in [6, 6.07) is 5.76. The fourth-order valence-corrected chi connectivity index (χ4v) is 8.80. The van der Waals surface area contributed by atoms with E-state index in [0.29, 0.717) is 0 Å². The summed E-state index contributed by atoms with van der Waals surface area (Å²) in [4.78, 5) is 13.9. The fraction of sp³-hybridized carbons (Fsp3) is 0.667. The molecule has 0 bridgehead atoms. The van der Waals surface area contributed by atoms with Crippen LogP contribution in [0, 0.1) is 0 Å². The van der Waals surface area contributed by atoms with Gasteiger partial charge in [-0.3, -0.25) is 14.3 Å². The second-order valence-corrected chi connectivity index (χ2v) is 15.8. The fourth-order valence-electron chi connectivity index (χ4n) is 3.42. The van der Waals surface area contributed by atoms with Gasteiger partial charge in [0.25, 0.3) is 0 Å². The Kier molecular flexibility index (Phi) is 14.4. The van der Waals surface area contributed by atoms with Gasteiger partial charge in [-0.2, -0.15) is 15.4 Å². The molecule has 3 rings (SSSR count). The lowest BCUT2D eigenvalue weighted by Crippen LogP contribution is -2.52. The number of alkyl halides is 6. The van der Waals surface area contributed by atoms with Gasteiger partial charge in [0.2, 0.25) is 5.75 Å². The second kappa shape index (κ2) is 15.0. The third kappa shape index (κ3) is 9.56. The molecular weight excluding hydrogens is 658 g/mol. The summed E-state index contributed by atoms with van der Waals surface area (Å²) in [5.74, 6) is 0.737. The molecule has 214 valence electrons. The number of aromatic nitrogens is 3. The molecule has 10 nitrogen and oxygen atoms in total. The number of para-hydroxylation sites is 1. The number of hydrogen-bond acceptors (Lipinski definition) is 7. The predicted molar refractivity (Wildman–Crippen MR) is 153 cm³/mol. The number of nitrogens with zero attached hydrogens (tertiary/aromatic N) is 5. The zero-order valence-electron chi connectivity index (χ0n) is 20.7. The summed E-state index contributed by atoms with van der Waals surface area (Å²) >= 11 is 35.3. The molecule has 3 N–H and O–H groups in total. The zero-order valence-corrected chi connectivity index (χ0v) is 27.0. The maximum atomic E-state index is 10.4. The lowest BCUT2D eigenvalue weighted by atomic mass is 9.97. The molecule has 0 unspecified atom stereocenters. The average Bonchev–Trinajstić information content (AvgIpc) is 3.27. The molecule has 2 aromatic rings. The number of fused-ring (bicyclic) bond motifs is 1. The Labute approximate surface area is 246 Å². The first-order valence-electron chi connectivity index (χ1n) is 10.4. The summed E-state index contributed by atoms with van der Waals surface area (Å²) in [5, 5.41) is 8.30. The van der Waals surface area contributed by atoms with Gasteiger partial charge in [-0.1, -0.05) is 6.07 Å². The van der Waals surface area contributed by atoms with Gasteiger partial charge in [-0.25, -0.2) is 4.57 Å². The lowest BCUT2D eigenvalue weighted by molar-refractivity contribution is 0.322. The number of aromatic amines is 1. The number of rotatable bonds is 5. The van der Waals surface area contributed by atoms with E-state index in [1.807, 2.05) is 60.5 Å². The first-order chi connectivity index (χ1) is 16.9. The Morgan fingerprint density at radius 1 is 0.838 bits per heavy atom. The Hall–Kier alpha value is 0.550. The number of benzene rings is 1. The van der Waals surface area contributed by atoms with Gasteiger partial charge >= 0.3 is 15.8 Å². The number of hydrogen-bond donors (Lipinski definition) is 3. The van der Waals surface area contributed by atoms with Crippen LogP contribution < -0.4 is 4.52 Å². The number of nitrogens with one attached hydrogen (secondary N) is 1. The van der Waals surface area contributed by atoms with Gasteiger partial charge in [0.1, 0.15) is 5.52 Å². The van der Waals surface area contributed by atoms with Crippen LogP contribution in [0.2, 0.25) is 0 Å². The van der Waals surface area contributed by atoms with Crippen LogP contribution >= 0.6 is 85.5 Å². The van der Waals surface area contributed by atoms with Gasteiger partial charge < -0.3 is 0 Å². The first kappa shape index (κ1) is 35.6. The number of H-pyrrole nitrogens is 1. The van der Waals surface area contributed by atoms with Crippen molar-refractivity contribution in [1.82, 2.24) is 29.4 Å². The van der Waals surface area contributed by atoms with Crippen LogP contribution in [0.5, 0.6) is 5.75 Å². The van der Waals surface area contributed by atoms with Crippen LogP contribution in [-0.4, -0.2) is 114 Å². The largest absolute Gasteiger partial charge is 0.507 e. The normalized spacial score (nSPS) is 26.5. The molecule has 0 aliphatic heterocycles. The monoisotopic (exact) mass is 685 g/mol. The van der Waals surface area contributed by atoms with Gasteiger partial charge in [0.05, 0.1) is 32.3 Å². The second-order valence-electron chi connectivity index (χ2n) is 8.23. The molecule has 1 aliphatic rings. The molecule has 1 aliphatic carbocycles. The van der Waals surface area contributed by atoms with E-state index >= 15 is 0 Å².